The molecule has 0 aromatic heterocycles. The maximum Gasteiger partial charge on any atom is 0.234 e. The number of hydrogen-bond donors (Lipinski definition) is 2. The third-order valence-electron chi connectivity index (χ3n) is 5.13. The van der Waals surface area contributed by atoms with Crippen LogP contribution in [0.15, 0.2) is 18.2 Å². The summed E-state index contributed by atoms with van der Waals surface area (Å²) in [6.45, 7) is 6.34. The van der Waals surface area contributed by atoms with E-state index in [2.05, 4.69) is 22.6 Å². The summed E-state index contributed by atoms with van der Waals surface area (Å²) in [5, 5.41) is 5.96. The SMILES string of the molecule is CN1CCC(C(=O)NCc2ccc3c(c2)C(C)(C)C(=O)N3)CC1. The first-order chi connectivity index (χ1) is 10.9. The highest BCUT2D eigenvalue weighted by Crippen LogP contribution is 2.37. The molecule has 0 radical (unpaired) electrons. The summed E-state index contributed by atoms with van der Waals surface area (Å²) in [4.78, 5) is 26.5. The molecule has 1 aromatic rings. The minimum atomic E-state index is -0.511. The van der Waals surface area contributed by atoms with Gasteiger partial charge in [-0.05, 0) is 64.0 Å². The second-order valence-electron chi connectivity index (χ2n) is 7.25. The number of nitrogens with zero attached hydrogens (tertiary/aromatic N) is 1. The monoisotopic (exact) mass is 315 g/mol. The number of likely N-dealkylation sites (tertiary alicyclic amines) is 1. The molecule has 0 unspecified atom stereocenters. The standard InChI is InChI=1S/C18H25N3O2/c1-18(2)14-10-12(4-5-15(14)20-17(18)23)11-19-16(22)13-6-8-21(3)9-7-13/h4-5,10,13H,6-9,11H2,1-3H3,(H,19,22)(H,20,23). The van der Waals surface area contributed by atoms with Crippen molar-refractivity contribution in [2.24, 2.45) is 5.92 Å². The highest BCUT2D eigenvalue weighted by molar-refractivity contribution is 6.05. The predicted molar refractivity (Wildman–Crippen MR) is 90.2 cm³/mol. The Labute approximate surface area is 137 Å². The maximum absolute atomic E-state index is 12.3. The molecule has 1 fully saturated rings. The van der Waals surface area contributed by atoms with Gasteiger partial charge in [0, 0.05) is 18.2 Å². The zero-order chi connectivity index (χ0) is 16.6. The summed E-state index contributed by atoms with van der Waals surface area (Å²) in [7, 11) is 2.09. The van der Waals surface area contributed by atoms with E-state index in [1.54, 1.807) is 0 Å². The molecular weight excluding hydrogens is 290 g/mol. The molecule has 5 nitrogen and oxygen atoms in total. The fourth-order valence-electron chi connectivity index (χ4n) is 3.33. The topological polar surface area (TPSA) is 61.4 Å². The Morgan fingerprint density at radius 2 is 2.04 bits per heavy atom. The average Bonchev–Trinajstić information content (AvgIpc) is 2.75. The van der Waals surface area contributed by atoms with Gasteiger partial charge >= 0.3 is 0 Å². The summed E-state index contributed by atoms with van der Waals surface area (Å²) in [5.74, 6) is 0.299. The van der Waals surface area contributed by atoms with Gasteiger partial charge < -0.3 is 15.5 Å². The van der Waals surface area contributed by atoms with Gasteiger partial charge in [0.25, 0.3) is 0 Å². The van der Waals surface area contributed by atoms with E-state index in [0.717, 1.165) is 42.7 Å². The molecule has 0 bridgehead atoms. The summed E-state index contributed by atoms with van der Waals surface area (Å²) >= 11 is 0. The first-order valence-corrected chi connectivity index (χ1v) is 8.29. The van der Waals surface area contributed by atoms with E-state index < -0.39 is 5.41 Å². The summed E-state index contributed by atoms with van der Waals surface area (Å²) < 4.78 is 0. The zero-order valence-corrected chi connectivity index (χ0v) is 14.1. The molecule has 0 aliphatic carbocycles. The molecular formula is C18H25N3O2. The number of amides is 2. The smallest absolute Gasteiger partial charge is 0.234 e. The van der Waals surface area contributed by atoms with Crippen molar-refractivity contribution in [1.29, 1.82) is 0 Å². The lowest BCUT2D eigenvalue weighted by molar-refractivity contribution is -0.126. The first-order valence-electron chi connectivity index (χ1n) is 8.29. The molecule has 2 amide bonds. The second-order valence-corrected chi connectivity index (χ2v) is 7.25. The minimum Gasteiger partial charge on any atom is -0.352 e. The van der Waals surface area contributed by atoms with E-state index in [4.69, 9.17) is 0 Å². The molecule has 0 saturated carbocycles. The molecule has 124 valence electrons. The molecule has 2 aliphatic heterocycles. The molecule has 23 heavy (non-hydrogen) atoms. The molecule has 0 atom stereocenters. The number of nitrogens with one attached hydrogen (secondary N) is 2. The van der Waals surface area contributed by atoms with E-state index in [1.807, 2.05) is 32.0 Å². The van der Waals surface area contributed by atoms with Gasteiger partial charge in [0.05, 0.1) is 5.41 Å². The predicted octanol–water partition coefficient (Wildman–Crippen LogP) is 1.87. The van der Waals surface area contributed by atoms with Gasteiger partial charge in [-0.2, -0.15) is 0 Å². The van der Waals surface area contributed by atoms with Crippen LogP contribution in [0.25, 0.3) is 0 Å². The number of piperidine rings is 1. The Kier molecular flexibility index (Phi) is 4.15. The summed E-state index contributed by atoms with van der Waals surface area (Å²) in [5.41, 5.74) is 2.41. The van der Waals surface area contributed by atoms with E-state index in [-0.39, 0.29) is 17.7 Å². The van der Waals surface area contributed by atoms with Gasteiger partial charge in [0.15, 0.2) is 0 Å². The van der Waals surface area contributed by atoms with Crippen molar-refractivity contribution in [3.8, 4) is 0 Å². The molecule has 3 rings (SSSR count). The van der Waals surface area contributed by atoms with E-state index in [9.17, 15) is 9.59 Å². The summed E-state index contributed by atoms with van der Waals surface area (Å²) in [6.07, 6.45) is 1.86. The van der Waals surface area contributed by atoms with Crippen molar-refractivity contribution in [3.63, 3.8) is 0 Å². The zero-order valence-electron chi connectivity index (χ0n) is 14.1. The number of carbonyl (C=O) groups excluding carboxylic acids is 2. The van der Waals surface area contributed by atoms with Crippen molar-refractivity contribution in [2.75, 3.05) is 25.5 Å². The largest absolute Gasteiger partial charge is 0.352 e. The highest BCUT2D eigenvalue weighted by atomic mass is 16.2. The van der Waals surface area contributed by atoms with Crippen LogP contribution in [0.1, 0.15) is 37.8 Å². The van der Waals surface area contributed by atoms with Crippen LogP contribution in [0.5, 0.6) is 0 Å². The Morgan fingerprint density at radius 3 is 2.74 bits per heavy atom. The van der Waals surface area contributed by atoms with Crippen molar-refractivity contribution >= 4 is 17.5 Å². The van der Waals surface area contributed by atoms with Gasteiger partial charge in [-0.15, -0.1) is 0 Å². The number of hydrogen-bond acceptors (Lipinski definition) is 3. The Bertz CT molecular complexity index is 631. The Morgan fingerprint density at radius 1 is 1.35 bits per heavy atom. The van der Waals surface area contributed by atoms with Crippen LogP contribution < -0.4 is 10.6 Å². The van der Waals surface area contributed by atoms with Gasteiger partial charge in [-0.25, -0.2) is 0 Å². The third-order valence-corrected chi connectivity index (χ3v) is 5.13. The van der Waals surface area contributed by atoms with Gasteiger partial charge in [-0.1, -0.05) is 12.1 Å². The van der Waals surface area contributed by atoms with Crippen LogP contribution in [0.3, 0.4) is 0 Å². The molecule has 5 heteroatoms. The van der Waals surface area contributed by atoms with Crippen LogP contribution in [0.2, 0.25) is 0 Å². The van der Waals surface area contributed by atoms with Crippen LogP contribution in [0, 0.1) is 5.92 Å². The summed E-state index contributed by atoms with van der Waals surface area (Å²) in [6, 6.07) is 5.93. The molecule has 1 saturated heterocycles. The molecule has 2 heterocycles. The number of anilines is 1. The van der Waals surface area contributed by atoms with Crippen molar-refractivity contribution in [2.45, 2.75) is 38.6 Å². The lowest BCUT2D eigenvalue weighted by atomic mass is 9.85. The van der Waals surface area contributed by atoms with Gasteiger partial charge in [0.1, 0.15) is 0 Å². The fraction of sp³-hybridized carbons (Fsp3) is 0.556. The number of carbonyl (C=O) groups is 2. The van der Waals surface area contributed by atoms with Crippen molar-refractivity contribution < 1.29 is 9.59 Å². The fourth-order valence-corrected chi connectivity index (χ4v) is 3.33. The third kappa shape index (κ3) is 3.11. The number of rotatable bonds is 3. The molecule has 0 spiro atoms. The highest BCUT2D eigenvalue weighted by Gasteiger charge is 2.38. The normalized spacial score (nSPS) is 20.9. The van der Waals surface area contributed by atoms with Crippen LogP contribution >= 0.6 is 0 Å². The Balaban J connectivity index is 1.63. The van der Waals surface area contributed by atoms with Gasteiger partial charge in [0.2, 0.25) is 11.8 Å². The molecule has 2 aliphatic rings. The Hall–Kier alpha value is -1.88. The molecule has 1 aromatic carbocycles. The van der Waals surface area contributed by atoms with E-state index >= 15 is 0 Å². The van der Waals surface area contributed by atoms with Crippen LogP contribution in [0.4, 0.5) is 5.69 Å². The number of fused-ring (bicyclic) bond motifs is 1. The number of benzene rings is 1. The van der Waals surface area contributed by atoms with E-state index in [0.29, 0.717) is 6.54 Å². The van der Waals surface area contributed by atoms with Crippen molar-refractivity contribution in [1.82, 2.24) is 10.2 Å². The lowest BCUT2D eigenvalue weighted by Gasteiger charge is -2.28. The van der Waals surface area contributed by atoms with E-state index in [1.165, 1.54) is 0 Å². The first kappa shape index (κ1) is 16.0. The minimum absolute atomic E-state index is 0.0278. The second kappa shape index (κ2) is 5.96. The average molecular weight is 315 g/mol. The van der Waals surface area contributed by atoms with Crippen molar-refractivity contribution in [3.05, 3.63) is 29.3 Å². The molecule has 2 N–H and O–H groups in total. The quantitative estimate of drug-likeness (QED) is 0.895. The van der Waals surface area contributed by atoms with Crippen LogP contribution in [-0.4, -0.2) is 36.9 Å². The lowest BCUT2D eigenvalue weighted by Crippen LogP contribution is -2.38. The maximum atomic E-state index is 12.3. The van der Waals surface area contributed by atoms with Gasteiger partial charge in [-0.3, -0.25) is 9.59 Å². The van der Waals surface area contributed by atoms with Crippen LogP contribution in [-0.2, 0) is 21.5 Å².